The number of aryl methyl sites for hydroxylation is 2. The summed E-state index contributed by atoms with van der Waals surface area (Å²) in [4.78, 5) is 32.6. The van der Waals surface area contributed by atoms with Gasteiger partial charge in [0.2, 0.25) is 11.7 Å². The molecule has 9 nitrogen and oxygen atoms in total. The number of fused-ring (bicyclic) bond motifs is 2. The largest absolute Gasteiger partial charge is 0.431 e. The van der Waals surface area contributed by atoms with Crippen molar-refractivity contribution in [2.24, 2.45) is 7.05 Å². The van der Waals surface area contributed by atoms with E-state index in [1.807, 2.05) is 31.3 Å². The van der Waals surface area contributed by atoms with E-state index >= 15 is 0 Å². The average Bonchev–Trinajstić information content (AvgIpc) is 3.57. The quantitative estimate of drug-likeness (QED) is 0.456. The average molecular weight is 446 g/mol. The number of aromatic amines is 1. The summed E-state index contributed by atoms with van der Waals surface area (Å²) in [7, 11) is 1.82. The number of H-pyrrole nitrogens is 1. The van der Waals surface area contributed by atoms with Gasteiger partial charge in [-0.05, 0) is 19.1 Å². The van der Waals surface area contributed by atoms with Crippen LogP contribution in [0.15, 0.2) is 47.4 Å². The highest BCUT2D eigenvalue weighted by Gasteiger charge is 2.38. The molecule has 1 amide bonds. The number of imidazole rings is 1. The molecule has 6 rings (SSSR count). The van der Waals surface area contributed by atoms with E-state index in [-0.39, 0.29) is 17.7 Å². The number of benzene rings is 1. The Balaban J connectivity index is 1.42. The molecule has 0 saturated carbocycles. The number of aromatic nitrogens is 6. The van der Waals surface area contributed by atoms with Crippen LogP contribution in [0.4, 0.5) is 0 Å². The third kappa shape index (κ3) is 2.94. The third-order valence-corrected chi connectivity index (χ3v) is 6.76. The highest BCUT2D eigenvalue weighted by Crippen LogP contribution is 2.38. The predicted molar refractivity (Wildman–Crippen MR) is 118 cm³/mol. The summed E-state index contributed by atoms with van der Waals surface area (Å²) in [6.45, 7) is 2.31. The third-order valence-electron chi connectivity index (χ3n) is 5.67. The Labute approximate surface area is 186 Å². The summed E-state index contributed by atoms with van der Waals surface area (Å²) >= 11 is 1.58. The maximum Gasteiger partial charge on any atom is 0.292 e. The molecular formula is C22H19N7O2S. The molecule has 1 aliphatic rings. The number of hydrogen-bond donors (Lipinski definition) is 1. The Morgan fingerprint density at radius 3 is 2.97 bits per heavy atom. The molecule has 5 heterocycles. The Kier molecular flexibility index (Phi) is 4.22. The lowest BCUT2D eigenvalue weighted by atomic mass is 10.0. The number of rotatable bonds is 3. The highest BCUT2D eigenvalue weighted by molar-refractivity contribution is 7.18. The monoisotopic (exact) mass is 445 g/mol. The van der Waals surface area contributed by atoms with Gasteiger partial charge in [-0.25, -0.2) is 15.0 Å². The molecule has 10 heteroatoms. The minimum atomic E-state index is -0.388. The van der Waals surface area contributed by atoms with Crippen LogP contribution in [0.25, 0.3) is 21.7 Å². The maximum absolute atomic E-state index is 13.7. The van der Waals surface area contributed by atoms with Crippen LogP contribution >= 0.6 is 11.3 Å². The van der Waals surface area contributed by atoms with Gasteiger partial charge in [-0.15, -0.1) is 11.3 Å². The van der Waals surface area contributed by atoms with E-state index in [9.17, 15) is 4.79 Å². The minimum absolute atomic E-state index is 0.219. The molecule has 0 bridgehead atoms. The van der Waals surface area contributed by atoms with Crippen molar-refractivity contribution in [3.8, 4) is 11.5 Å². The van der Waals surface area contributed by atoms with Crippen LogP contribution in [0, 0.1) is 6.92 Å². The van der Waals surface area contributed by atoms with Gasteiger partial charge >= 0.3 is 0 Å². The lowest BCUT2D eigenvalue weighted by molar-refractivity contribution is 0.0657. The standard InChI is InChI=1S/C22H19N7O2S/c1-12-19(31-20(26-12)13-9-25-28(2)10-13)22(30)29-8-7-15-17(24-11-23-15)18(29)21-27-14-5-3-4-6-16(14)32-21/h3-6,9-11,18H,7-8H2,1-2H3,(H,23,24)/t18-/m0/s1. The number of carbonyl (C=O) groups excluding carboxylic acids is 1. The molecule has 0 spiro atoms. The molecule has 32 heavy (non-hydrogen) atoms. The second kappa shape index (κ2) is 7.13. The van der Waals surface area contributed by atoms with Gasteiger partial charge in [0.15, 0.2) is 0 Å². The molecule has 5 aromatic rings. The fourth-order valence-electron chi connectivity index (χ4n) is 4.13. The zero-order chi connectivity index (χ0) is 21.8. The number of nitrogens with one attached hydrogen (secondary N) is 1. The lowest BCUT2D eigenvalue weighted by Crippen LogP contribution is -2.40. The van der Waals surface area contributed by atoms with Crippen LogP contribution in [0.2, 0.25) is 0 Å². The smallest absolute Gasteiger partial charge is 0.292 e. The van der Waals surface area contributed by atoms with Crippen LogP contribution < -0.4 is 0 Å². The van der Waals surface area contributed by atoms with Crippen molar-refractivity contribution >= 4 is 27.5 Å². The van der Waals surface area contributed by atoms with Gasteiger partial charge in [0, 0.05) is 31.9 Å². The first-order chi connectivity index (χ1) is 15.6. The summed E-state index contributed by atoms with van der Waals surface area (Å²) < 4.78 is 8.69. The molecule has 0 unspecified atom stereocenters. The summed E-state index contributed by atoms with van der Waals surface area (Å²) in [6.07, 6.45) is 5.84. The molecule has 0 aliphatic carbocycles. The second-order valence-electron chi connectivity index (χ2n) is 7.77. The number of carbonyl (C=O) groups is 1. The molecule has 4 aromatic heterocycles. The van der Waals surface area contributed by atoms with Gasteiger partial charge in [0.1, 0.15) is 11.0 Å². The summed E-state index contributed by atoms with van der Waals surface area (Å²) in [6, 6.07) is 7.59. The summed E-state index contributed by atoms with van der Waals surface area (Å²) in [5.74, 6) is 0.393. The van der Waals surface area contributed by atoms with Crippen LogP contribution in [0.5, 0.6) is 0 Å². The molecular weight excluding hydrogens is 426 g/mol. The number of oxazole rings is 1. The number of hydrogen-bond acceptors (Lipinski definition) is 7. The Morgan fingerprint density at radius 2 is 2.16 bits per heavy atom. The van der Waals surface area contributed by atoms with Gasteiger partial charge in [-0.1, -0.05) is 12.1 Å². The Hall–Kier alpha value is -3.79. The van der Waals surface area contributed by atoms with E-state index < -0.39 is 0 Å². The van der Waals surface area contributed by atoms with Crippen molar-refractivity contribution in [3.05, 3.63) is 70.8 Å². The van der Waals surface area contributed by atoms with E-state index in [0.717, 1.165) is 32.2 Å². The minimum Gasteiger partial charge on any atom is -0.431 e. The molecule has 0 saturated heterocycles. The first-order valence-electron chi connectivity index (χ1n) is 10.2. The Morgan fingerprint density at radius 1 is 1.28 bits per heavy atom. The van der Waals surface area contributed by atoms with E-state index in [1.165, 1.54) is 0 Å². The van der Waals surface area contributed by atoms with Crippen molar-refractivity contribution in [2.45, 2.75) is 19.4 Å². The van der Waals surface area contributed by atoms with Gasteiger partial charge in [0.05, 0.1) is 39.7 Å². The molecule has 1 aliphatic heterocycles. The van der Waals surface area contributed by atoms with E-state index in [0.29, 0.717) is 24.6 Å². The SMILES string of the molecule is Cc1nc(-c2cnn(C)c2)oc1C(=O)N1CCc2[nH]cnc2[C@H]1c1nc2ccccc2s1. The summed E-state index contributed by atoms with van der Waals surface area (Å²) in [5, 5.41) is 4.99. The van der Waals surface area contributed by atoms with E-state index in [4.69, 9.17) is 9.40 Å². The van der Waals surface area contributed by atoms with Gasteiger partial charge in [-0.2, -0.15) is 5.10 Å². The van der Waals surface area contributed by atoms with Gasteiger partial charge < -0.3 is 14.3 Å². The lowest BCUT2D eigenvalue weighted by Gasteiger charge is -2.33. The Bertz CT molecular complexity index is 1430. The molecule has 1 aromatic carbocycles. The van der Waals surface area contributed by atoms with Crippen molar-refractivity contribution < 1.29 is 9.21 Å². The molecule has 160 valence electrons. The number of amides is 1. The first kappa shape index (κ1) is 18.9. The van der Waals surface area contributed by atoms with Gasteiger partial charge in [0.25, 0.3) is 5.91 Å². The second-order valence-corrected chi connectivity index (χ2v) is 8.84. The van der Waals surface area contributed by atoms with Crippen molar-refractivity contribution in [3.63, 3.8) is 0 Å². The molecule has 0 radical (unpaired) electrons. The molecule has 1 atom stereocenters. The number of nitrogens with zero attached hydrogens (tertiary/aromatic N) is 6. The van der Waals surface area contributed by atoms with Crippen molar-refractivity contribution in [2.75, 3.05) is 6.54 Å². The fraction of sp³-hybridized carbons (Fsp3) is 0.227. The van der Waals surface area contributed by atoms with Crippen LogP contribution in [0.1, 0.15) is 38.7 Å². The number of para-hydroxylation sites is 1. The van der Waals surface area contributed by atoms with E-state index in [2.05, 4.69) is 20.1 Å². The normalized spacial score (nSPS) is 15.9. The van der Waals surface area contributed by atoms with Crippen LogP contribution in [-0.4, -0.2) is 47.1 Å². The zero-order valence-electron chi connectivity index (χ0n) is 17.4. The van der Waals surface area contributed by atoms with E-state index in [1.54, 1.807) is 46.6 Å². The topological polar surface area (TPSA) is 106 Å². The maximum atomic E-state index is 13.7. The molecule has 1 N–H and O–H groups in total. The summed E-state index contributed by atoms with van der Waals surface area (Å²) in [5.41, 5.74) is 4.05. The highest BCUT2D eigenvalue weighted by atomic mass is 32.1. The zero-order valence-corrected chi connectivity index (χ0v) is 18.3. The van der Waals surface area contributed by atoms with Crippen molar-refractivity contribution in [1.29, 1.82) is 0 Å². The first-order valence-corrected chi connectivity index (χ1v) is 11.0. The van der Waals surface area contributed by atoms with Gasteiger partial charge in [-0.3, -0.25) is 9.48 Å². The number of thiazole rings is 1. The predicted octanol–water partition coefficient (Wildman–Crippen LogP) is 3.50. The fourth-order valence-corrected chi connectivity index (χ4v) is 5.22. The van der Waals surface area contributed by atoms with Crippen LogP contribution in [0.3, 0.4) is 0 Å². The van der Waals surface area contributed by atoms with Crippen LogP contribution in [-0.2, 0) is 13.5 Å². The molecule has 0 fully saturated rings. The van der Waals surface area contributed by atoms with Crippen molar-refractivity contribution in [1.82, 2.24) is 34.6 Å².